The first kappa shape index (κ1) is 17.1. The summed E-state index contributed by atoms with van der Waals surface area (Å²) in [6.45, 7) is 1.56. The summed E-state index contributed by atoms with van der Waals surface area (Å²) in [7, 11) is 0. The van der Waals surface area contributed by atoms with E-state index in [0.29, 0.717) is 16.6 Å². The summed E-state index contributed by atoms with van der Waals surface area (Å²) in [5, 5.41) is 13.1. The summed E-state index contributed by atoms with van der Waals surface area (Å²) >= 11 is 5.93. The number of carbonyl (C=O) groups is 1. The second-order valence-electron chi connectivity index (χ2n) is 6.96. The van der Waals surface area contributed by atoms with Gasteiger partial charge in [0.15, 0.2) is 0 Å². The summed E-state index contributed by atoms with van der Waals surface area (Å²) in [6, 6.07) is 6.57. The molecule has 7 heteroatoms. The van der Waals surface area contributed by atoms with Crippen molar-refractivity contribution < 1.29 is 9.90 Å². The number of halogens is 1. The Balaban J connectivity index is 1.36. The molecule has 2 N–H and O–H groups in total. The van der Waals surface area contributed by atoms with Crippen LogP contribution < -0.4 is 10.2 Å². The number of hydrogen-bond donors (Lipinski definition) is 2. The van der Waals surface area contributed by atoms with Gasteiger partial charge >= 0.3 is 0 Å². The van der Waals surface area contributed by atoms with E-state index >= 15 is 0 Å². The van der Waals surface area contributed by atoms with E-state index in [9.17, 15) is 9.90 Å². The molecule has 6 nitrogen and oxygen atoms in total. The number of anilines is 2. The van der Waals surface area contributed by atoms with Crippen LogP contribution in [0.2, 0.25) is 5.02 Å². The number of benzene rings is 1. The van der Waals surface area contributed by atoms with E-state index in [1.807, 2.05) is 12.3 Å². The van der Waals surface area contributed by atoms with Crippen molar-refractivity contribution >= 4 is 29.0 Å². The molecule has 2 fully saturated rings. The Kier molecular flexibility index (Phi) is 4.68. The molecular weight excluding hydrogens is 352 g/mol. The zero-order valence-corrected chi connectivity index (χ0v) is 15.1. The Morgan fingerprint density at radius 2 is 1.96 bits per heavy atom. The number of amides is 1. The van der Waals surface area contributed by atoms with Crippen LogP contribution >= 0.6 is 11.6 Å². The number of nitrogens with one attached hydrogen (secondary N) is 1. The molecule has 1 saturated heterocycles. The van der Waals surface area contributed by atoms with Gasteiger partial charge in [0, 0.05) is 36.1 Å². The Morgan fingerprint density at radius 1 is 1.19 bits per heavy atom. The summed E-state index contributed by atoms with van der Waals surface area (Å²) in [4.78, 5) is 23.8. The number of piperidine rings is 1. The molecule has 2 aliphatic rings. The predicted octanol–water partition coefficient (Wildman–Crippen LogP) is 3.57. The molecule has 4 rings (SSSR count). The highest BCUT2D eigenvalue weighted by Crippen LogP contribution is 2.38. The molecule has 1 amide bonds. The number of phenolic OH excluding ortho intramolecular Hbond substituents is 1. The number of aromatic nitrogens is 2. The van der Waals surface area contributed by atoms with Gasteiger partial charge in [-0.05, 0) is 49.9 Å². The first-order valence-electron chi connectivity index (χ1n) is 8.97. The molecule has 0 atom stereocenters. The second-order valence-corrected chi connectivity index (χ2v) is 7.40. The number of carbonyl (C=O) groups excluding carboxylic acids is 1. The Hall–Kier alpha value is -2.34. The van der Waals surface area contributed by atoms with Gasteiger partial charge in [-0.3, -0.25) is 4.79 Å². The molecule has 1 aromatic carbocycles. The molecule has 1 aromatic heterocycles. The molecule has 1 saturated carbocycles. The maximum absolute atomic E-state index is 12.5. The third kappa shape index (κ3) is 3.75. The van der Waals surface area contributed by atoms with Crippen LogP contribution in [0.1, 0.15) is 37.4 Å². The minimum atomic E-state index is -0.0885. The molecule has 0 radical (unpaired) electrons. The third-order valence-corrected chi connectivity index (χ3v) is 5.24. The first-order valence-corrected chi connectivity index (χ1v) is 9.35. The van der Waals surface area contributed by atoms with Gasteiger partial charge in [0.1, 0.15) is 17.4 Å². The number of phenols is 1. The summed E-state index contributed by atoms with van der Waals surface area (Å²) < 4.78 is 0. The number of nitrogens with zero attached hydrogens (tertiary/aromatic N) is 3. The van der Waals surface area contributed by atoms with Gasteiger partial charge in [-0.2, -0.15) is 0 Å². The fraction of sp³-hybridized carbons (Fsp3) is 0.421. The lowest BCUT2D eigenvalue weighted by Gasteiger charge is -2.32. The highest BCUT2D eigenvalue weighted by Gasteiger charge is 2.29. The molecule has 0 spiro atoms. The van der Waals surface area contributed by atoms with Gasteiger partial charge < -0.3 is 15.3 Å². The monoisotopic (exact) mass is 372 g/mol. The van der Waals surface area contributed by atoms with Crippen LogP contribution in [-0.4, -0.2) is 34.1 Å². The van der Waals surface area contributed by atoms with Crippen molar-refractivity contribution in [2.45, 2.75) is 31.6 Å². The van der Waals surface area contributed by atoms with E-state index in [-0.39, 0.29) is 17.6 Å². The normalized spacial score (nSPS) is 18.0. The molecule has 1 aliphatic heterocycles. The highest BCUT2D eigenvalue weighted by molar-refractivity contribution is 6.31. The van der Waals surface area contributed by atoms with Crippen molar-refractivity contribution in [3.05, 3.63) is 41.3 Å². The zero-order valence-electron chi connectivity index (χ0n) is 14.4. The van der Waals surface area contributed by atoms with Crippen LogP contribution in [0.15, 0.2) is 30.5 Å². The quantitative estimate of drug-likeness (QED) is 0.802. The van der Waals surface area contributed by atoms with Crippen LogP contribution in [-0.2, 0) is 4.79 Å². The Labute approximate surface area is 157 Å². The summed E-state index contributed by atoms with van der Waals surface area (Å²) in [6.07, 6.45) is 5.69. The van der Waals surface area contributed by atoms with Crippen LogP contribution in [0.5, 0.6) is 5.75 Å². The van der Waals surface area contributed by atoms with Gasteiger partial charge in [0.2, 0.25) is 5.91 Å². The minimum Gasteiger partial charge on any atom is -0.506 e. The van der Waals surface area contributed by atoms with Crippen molar-refractivity contribution in [1.29, 1.82) is 0 Å². The molecule has 2 heterocycles. The van der Waals surface area contributed by atoms with E-state index in [0.717, 1.165) is 37.6 Å². The summed E-state index contributed by atoms with van der Waals surface area (Å²) in [5.74, 6) is 2.28. The van der Waals surface area contributed by atoms with Crippen molar-refractivity contribution in [2.24, 2.45) is 5.92 Å². The standard InChI is InChI=1S/C19H21ClN4O2/c20-14-3-4-16(25)15(11-14)22-19(26)13-6-9-24(10-7-13)17-5-8-21-18(23-17)12-1-2-12/h3-5,8,11-13,25H,1-2,6-7,9-10H2,(H,22,26). The average Bonchev–Trinajstić information content (AvgIpc) is 3.50. The van der Waals surface area contributed by atoms with Crippen LogP contribution in [0.25, 0.3) is 0 Å². The van der Waals surface area contributed by atoms with E-state index in [1.165, 1.54) is 18.9 Å². The molecular formula is C19H21ClN4O2. The lowest BCUT2D eigenvalue weighted by molar-refractivity contribution is -0.120. The zero-order chi connectivity index (χ0) is 18.1. The number of aromatic hydroxyl groups is 1. The largest absolute Gasteiger partial charge is 0.506 e. The average molecular weight is 373 g/mol. The number of hydrogen-bond acceptors (Lipinski definition) is 5. The maximum atomic E-state index is 12.5. The van der Waals surface area contributed by atoms with Crippen molar-refractivity contribution in [2.75, 3.05) is 23.3 Å². The minimum absolute atomic E-state index is 0.0220. The van der Waals surface area contributed by atoms with Gasteiger partial charge in [-0.25, -0.2) is 9.97 Å². The Morgan fingerprint density at radius 3 is 2.69 bits per heavy atom. The van der Waals surface area contributed by atoms with Crippen LogP contribution in [0, 0.1) is 5.92 Å². The molecule has 2 aromatic rings. The first-order chi connectivity index (χ1) is 12.6. The predicted molar refractivity (Wildman–Crippen MR) is 101 cm³/mol. The van der Waals surface area contributed by atoms with E-state index < -0.39 is 0 Å². The molecule has 0 bridgehead atoms. The second kappa shape index (κ2) is 7.11. The topological polar surface area (TPSA) is 78.4 Å². The van der Waals surface area contributed by atoms with Gasteiger partial charge in [0.05, 0.1) is 5.69 Å². The van der Waals surface area contributed by atoms with E-state index in [2.05, 4.69) is 20.2 Å². The van der Waals surface area contributed by atoms with Crippen molar-refractivity contribution in [1.82, 2.24) is 9.97 Å². The SMILES string of the molecule is O=C(Nc1cc(Cl)ccc1O)C1CCN(c2ccnc(C3CC3)n2)CC1. The molecule has 136 valence electrons. The van der Waals surface area contributed by atoms with Crippen LogP contribution in [0.3, 0.4) is 0 Å². The lowest BCUT2D eigenvalue weighted by atomic mass is 9.95. The highest BCUT2D eigenvalue weighted by atomic mass is 35.5. The van der Waals surface area contributed by atoms with Crippen molar-refractivity contribution in [3.8, 4) is 5.75 Å². The third-order valence-electron chi connectivity index (χ3n) is 5.01. The molecule has 0 unspecified atom stereocenters. The van der Waals surface area contributed by atoms with Gasteiger partial charge in [-0.15, -0.1) is 0 Å². The number of rotatable bonds is 4. The Bertz CT molecular complexity index is 817. The van der Waals surface area contributed by atoms with E-state index in [4.69, 9.17) is 11.6 Å². The van der Waals surface area contributed by atoms with Crippen LogP contribution in [0.4, 0.5) is 11.5 Å². The van der Waals surface area contributed by atoms with Crippen molar-refractivity contribution in [3.63, 3.8) is 0 Å². The fourth-order valence-electron chi connectivity index (χ4n) is 3.29. The van der Waals surface area contributed by atoms with Gasteiger partial charge in [-0.1, -0.05) is 11.6 Å². The van der Waals surface area contributed by atoms with Gasteiger partial charge in [0.25, 0.3) is 0 Å². The lowest BCUT2D eigenvalue weighted by Crippen LogP contribution is -2.38. The fourth-order valence-corrected chi connectivity index (χ4v) is 3.46. The molecule has 1 aliphatic carbocycles. The van der Waals surface area contributed by atoms with E-state index in [1.54, 1.807) is 12.1 Å². The maximum Gasteiger partial charge on any atom is 0.227 e. The smallest absolute Gasteiger partial charge is 0.227 e. The summed E-state index contributed by atoms with van der Waals surface area (Å²) in [5.41, 5.74) is 0.356. The molecule has 26 heavy (non-hydrogen) atoms.